The maximum Gasteiger partial charge on any atom is 0.160 e. The van der Waals surface area contributed by atoms with E-state index in [1.807, 2.05) is 0 Å². The number of nitrogens with one attached hydrogen (secondary N) is 1. The standard InChI is InChI=1S/C10H13F2N3O/c1-6(10(13)15-16)5-14-7-2-3-8(11)9(12)4-7/h2-4,6,14,16H,5H2,1H3,(H2,13,15). The van der Waals surface area contributed by atoms with E-state index in [-0.39, 0.29) is 11.8 Å². The molecule has 1 atom stereocenters. The third kappa shape index (κ3) is 3.08. The van der Waals surface area contributed by atoms with Crippen LogP contribution in [0.3, 0.4) is 0 Å². The van der Waals surface area contributed by atoms with Gasteiger partial charge in [0.15, 0.2) is 11.6 Å². The second-order valence-electron chi connectivity index (χ2n) is 3.44. The van der Waals surface area contributed by atoms with Crippen LogP contribution < -0.4 is 11.1 Å². The van der Waals surface area contributed by atoms with Gasteiger partial charge >= 0.3 is 0 Å². The quantitative estimate of drug-likeness (QED) is 0.319. The monoisotopic (exact) mass is 229 g/mol. The van der Waals surface area contributed by atoms with Crippen LogP contribution in [0, 0.1) is 17.6 Å². The molecule has 0 aliphatic heterocycles. The minimum atomic E-state index is -0.915. The molecule has 0 aliphatic carbocycles. The van der Waals surface area contributed by atoms with E-state index in [4.69, 9.17) is 10.9 Å². The van der Waals surface area contributed by atoms with Gasteiger partial charge < -0.3 is 16.3 Å². The van der Waals surface area contributed by atoms with Crippen molar-refractivity contribution in [2.45, 2.75) is 6.92 Å². The zero-order valence-electron chi connectivity index (χ0n) is 8.74. The third-order valence-corrected chi connectivity index (χ3v) is 2.15. The Bertz CT molecular complexity index is 396. The molecule has 4 N–H and O–H groups in total. The fourth-order valence-corrected chi connectivity index (χ4v) is 1.08. The van der Waals surface area contributed by atoms with Crippen LogP contribution >= 0.6 is 0 Å². The van der Waals surface area contributed by atoms with E-state index in [9.17, 15) is 8.78 Å². The Morgan fingerprint density at radius 1 is 1.50 bits per heavy atom. The summed E-state index contributed by atoms with van der Waals surface area (Å²) in [5.41, 5.74) is 5.80. The Balaban J connectivity index is 2.58. The van der Waals surface area contributed by atoms with Crippen molar-refractivity contribution in [1.82, 2.24) is 0 Å². The van der Waals surface area contributed by atoms with Crippen molar-refractivity contribution in [2.75, 3.05) is 11.9 Å². The molecule has 16 heavy (non-hydrogen) atoms. The van der Waals surface area contributed by atoms with Crippen molar-refractivity contribution in [1.29, 1.82) is 0 Å². The lowest BCUT2D eigenvalue weighted by Gasteiger charge is -2.12. The zero-order valence-corrected chi connectivity index (χ0v) is 8.74. The normalized spacial score (nSPS) is 13.6. The van der Waals surface area contributed by atoms with Crippen molar-refractivity contribution < 1.29 is 14.0 Å². The van der Waals surface area contributed by atoms with Gasteiger partial charge in [-0.05, 0) is 18.2 Å². The molecule has 0 radical (unpaired) electrons. The molecule has 88 valence electrons. The van der Waals surface area contributed by atoms with Gasteiger partial charge in [-0.3, -0.25) is 0 Å². The minimum absolute atomic E-state index is 0.0788. The average Bonchev–Trinajstić information content (AvgIpc) is 2.29. The maximum absolute atomic E-state index is 12.8. The maximum atomic E-state index is 12.8. The Kier molecular flexibility index (Phi) is 4.04. The predicted molar refractivity (Wildman–Crippen MR) is 57.4 cm³/mol. The fourth-order valence-electron chi connectivity index (χ4n) is 1.08. The van der Waals surface area contributed by atoms with Crippen LogP contribution in [-0.4, -0.2) is 17.6 Å². The van der Waals surface area contributed by atoms with Crippen molar-refractivity contribution >= 4 is 11.5 Å². The first-order chi connectivity index (χ1) is 7.54. The lowest BCUT2D eigenvalue weighted by atomic mass is 10.1. The van der Waals surface area contributed by atoms with Gasteiger partial charge in [0.2, 0.25) is 0 Å². The molecule has 0 amide bonds. The first-order valence-electron chi connectivity index (χ1n) is 4.71. The number of anilines is 1. The average molecular weight is 229 g/mol. The minimum Gasteiger partial charge on any atom is -0.409 e. The molecule has 1 rings (SSSR count). The number of hydrogen-bond acceptors (Lipinski definition) is 3. The van der Waals surface area contributed by atoms with E-state index < -0.39 is 11.6 Å². The summed E-state index contributed by atoms with van der Waals surface area (Å²) < 4.78 is 25.4. The molecule has 0 saturated carbocycles. The Morgan fingerprint density at radius 3 is 2.75 bits per heavy atom. The Hall–Kier alpha value is -1.85. The van der Waals surface area contributed by atoms with E-state index in [2.05, 4.69) is 10.5 Å². The molecule has 0 bridgehead atoms. The van der Waals surface area contributed by atoms with Crippen LogP contribution in [-0.2, 0) is 0 Å². The van der Waals surface area contributed by atoms with E-state index in [0.29, 0.717) is 12.2 Å². The van der Waals surface area contributed by atoms with Gasteiger partial charge in [-0.15, -0.1) is 0 Å². The molecule has 0 spiro atoms. The highest BCUT2D eigenvalue weighted by Gasteiger charge is 2.08. The highest BCUT2D eigenvalue weighted by atomic mass is 19.2. The second-order valence-corrected chi connectivity index (χ2v) is 3.44. The summed E-state index contributed by atoms with van der Waals surface area (Å²) in [5.74, 6) is -1.94. The summed E-state index contributed by atoms with van der Waals surface area (Å²) in [7, 11) is 0. The highest BCUT2D eigenvalue weighted by molar-refractivity contribution is 5.82. The molecule has 0 heterocycles. The summed E-state index contributed by atoms with van der Waals surface area (Å²) in [6.45, 7) is 2.10. The van der Waals surface area contributed by atoms with Crippen molar-refractivity contribution in [3.8, 4) is 0 Å². The van der Waals surface area contributed by atoms with Gasteiger partial charge in [-0.2, -0.15) is 0 Å². The summed E-state index contributed by atoms with van der Waals surface area (Å²) >= 11 is 0. The third-order valence-electron chi connectivity index (χ3n) is 2.15. The molecule has 1 aromatic rings. The van der Waals surface area contributed by atoms with Crippen molar-refractivity contribution in [3.05, 3.63) is 29.8 Å². The topological polar surface area (TPSA) is 70.6 Å². The van der Waals surface area contributed by atoms with Crippen LogP contribution in [0.15, 0.2) is 23.4 Å². The fraction of sp³-hybridized carbons (Fsp3) is 0.300. The summed E-state index contributed by atoms with van der Waals surface area (Å²) in [6, 6.07) is 3.50. The number of rotatable bonds is 4. The predicted octanol–water partition coefficient (Wildman–Crippen LogP) is 1.76. The van der Waals surface area contributed by atoms with E-state index in [0.717, 1.165) is 12.1 Å². The van der Waals surface area contributed by atoms with E-state index in [1.165, 1.54) is 6.07 Å². The number of amidine groups is 1. The van der Waals surface area contributed by atoms with Gasteiger partial charge in [-0.25, -0.2) is 8.78 Å². The lowest BCUT2D eigenvalue weighted by Crippen LogP contribution is -2.27. The summed E-state index contributed by atoms with van der Waals surface area (Å²) in [6.07, 6.45) is 0. The number of benzene rings is 1. The van der Waals surface area contributed by atoms with Crippen molar-refractivity contribution in [3.63, 3.8) is 0 Å². The van der Waals surface area contributed by atoms with Gasteiger partial charge in [0.25, 0.3) is 0 Å². The summed E-state index contributed by atoms with van der Waals surface area (Å²) in [5, 5.41) is 14.1. The molecule has 0 aliphatic rings. The van der Waals surface area contributed by atoms with Gasteiger partial charge in [0.1, 0.15) is 5.84 Å². The smallest absolute Gasteiger partial charge is 0.160 e. The first kappa shape index (κ1) is 12.2. The van der Waals surface area contributed by atoms with E-state index >= 15 is 0 Å². The Labute approximate surface area is 91.8 Å². The molecule has 0 saturated heterocycles. The number of hydrogen-bond donors (Lipinski definition) is 3. The van der Waals surface area contributed by atoms with Crippen LogP contribution in [0.5, 0.6) is 0 Å². The molecule has 1 unspecified atom stereocenters. The van der Waals surface area contributed by atoms with Crippen molar-refractivity contribution in [2.24, 2.45) is 16.8 Å². The number of oxime groups is 1. The van der Waals surface area contributed by atoms with Gasteiger partial charge in [-0.1, -0.05) is 12.1 Å². The summed E-state index contributed by atoms with van der Waals surface area (Å²) in [4.78, 5) is 0. The first-order valence-corrected chi connectivity index (χ1v) is 4.71. The zero-order chi connectivity index (χ0) is 12.1. The number of nitrogens with two attached hydrogens (primary N) is 1. The second kappa shape index (κ2) is 5.29. The molecule has 1 aromatic carbocycles. The van der Waals surface area contributed by atoms with Crippen LogP contribution in [0.2, 0.25) is 0 Å². The van der Waals surface area contributed by atoms with Gasteiger partial charge in [0.05, 0.1) is 0 Å². The van der Waals surface area contributed by atoms with Crippen LogP contribution in [0.1, 0.15) is 6.92 Å². The molecular weight excluding hydrogens is 216 g/mol. The lowest BCUT2D eigenvalue weighted by molar-refractivity contribution is 0.315. The van der Waals surface area contributed by atoms with Crippen LogP contribution in [0.4, 0.5) is 14.5 Å². The SMILES string of the molecule is CC(CNc1ccc(F)c(F)c1)C(N)=NO. The molecule has 4 nitrogen and oxygen atoms in total. The molecule has 6 heteroatoms. The van der Waals surface area contributed by atoms with Gasteiger partial charge in [0, 0.05) is 18.2 Å². The Morgan fingerprint density at radius 2 is 2.19 bits per heavy atom. The number of halogens is 2. The molecule has 0 aromatic heterocycles. The van der Waals surface area contributed by atoms with E-state index in [1.54, 1.807) is 6.92 Å². The van der Waals surface area contributed by atoms with Crippen LogP contribution in [0.25, 0.3) is 0 Å². The number of nitrogens with zero attached hydrogens (tertiary/aromatic N) is 1. The molecule has 0 fully saturated rings. The largest absolute Gasteiger partial charge is 0.409 e. The highest BCUT2D eigenvalue weighted by Crippen LogP contribution is 2.13. The molecular formula is C10H13F2N3O.